The number of hydrogen-bond acceptors (Lipinski definition) is 7. The molecule has 0 spiro atoms. The quantitative estimate of drug-likeness (QED) is 0.667. The van der Waals surface area contributed by atoms with Crippen LogP contribution in [-0.2, 0) is 11.3 Å². The number of nitrogens with one attached hydrogen (secondary N) is 1. The van der Waals surface area contributed by atoms with Gasteiger partial charge in [0.2, 0.25) is 11.0 Å². The van der Waals surface area contributed by atoms with Gasteiger partial charge in [-0.1, -0.05) is 60.6 Å². The maximum absolute atomic E-state index is 12.4. The fraction of sp³-hybridized carbons (Fsp3) is 0.526. The Kier molecular flexibility index (Phi) is 7.34. The minimum Gasteiger partial charge on any atom is -0.496 e. The number of thioether (sulfide) groups is 1. The molecule has 1 aromatic carbocycles. The third-order valence-corrected chi connectivity index (χ3v) is 6.66. The molecule has 1 saturated carbocycles. The van der Waals surface area contributed by atoms with Crippen molar-refractivity contribution in [2.75, 3.05) is 25.2 Å². The van der Waals surface area contributed by atoms with E-state index in [0.29, 0.717) is 18.3 Å². The molecule has 2 aromatic rings. The highest BCUT2D eigenvalue weighted by atomic mass is 32.2. The second-order valence-electron chi connectivity index (χ2n) is 6.70. The molecular weight excluding hydrogens is 380 g/mol. The Balaban J connectivity index is 1.47. The highest BCUT2D eigenvalue weighted by Gasteiger charge is 2.17. The van der Waals surface area contributed by atoms with E-state index in [1.165, 1.54) is 55.2 Å². The Morgan fingerprint density at radius 3 is 2.85 bits per heavy atom. The molecule has 27 heavy (non-hydrogen) atoms. The van der Waals surface area contributed by atoms with Crippen LogP contribution in [0, 0.1) is 0 Å². The molecule has 1 aliphatic rings. The summed E-state index contributed by atoms with van der Waals surface area (Å²) in [7, 11) is 3.45. The number of carbonyl (C=O) groups is 1. The van der Waals surface area contributed by atoms with E-state index in [4.69, 9.17) is 4.74 Å². The van der Waals surface area contributed by atoms with Gasteiger partial charge in [-0.15, -0.1) is 10.2 Å². The largest absolute Gasteiger partial charge is 0.496 e. The number of hydrogen-bond donors (Lipinski definition) is 1. The lowest BCUT2D eigenvalue weighted by Crippen LogP contribution is -2.27. The molecule has 0 atom stereocenters. The molecule has 6 nitrogen and oxygen atoms in total. The van der Waals surface area contributed by atoms with E-state index in [1.54, 1.807) is 12.0 Å². The first-order valence-corrected chi connectivity index (χ1v) is 11.0. The van der Waals surface area contributed by atoms with Crippen molar-refractivity contribution in [1.29, 1.82) is 0 Å². The normalized spacial score (nSPS) is 14.7. The van der Waals surface area contributed by atoms with Crippen molar-refractivity contribution in [3.05, 3.63) is 29.8 Å². The Hall–Kier alpha value is -1.80. The first kappa shape index (κ1) is 19.9. The zero-order valence-corrected chi connectivity index (χ0v) is 17.4. The van der Waals surface area contributed by atoms with E-state index in [-0.39, 0.29) is 5.91 Å². The molecule has 3 rings (SSSR count). The van der Waals surface area contributed by atoms with Crippen molar-refractivity contribution in [1.82, 2.24) is 15.1 Å². The molecule has 1 aromatic heterocycles. The van der Waals surface area contributed by atoms with Crippen LogP contribution in [0.3, 0.4) is 0 Å². The van der Waals surface area contributed by atoms with Crippen molar-refractivity contribution < 1.29 is 9.53 Å². The average Bonchev–Trinajstić information content (AvgIpc) is 3.14. The van der Waals surface area contributed by atoms with Crippen LogP contribution in [0.25, 0.3) is 0 Å². The van der Waals surface area contributed by atoms with Gasteiger partial charge in [0, 0.05) is 25.2 Å². The molecular formula is C19H26N4O2S2. The fourth-order valence-electron chi connectivity index (χ4n) is 3.16. The van der Waals surface area contributed by atoms with Gasteiger partial charge in [0.25, 0.3) is 0 Å². The molecule has 1 amide bonds. The Morgan fingerprint density at radius 1 is 1.30 bits per heavy atom. The number of rotatable bonds is 8. The molecule has 1 fully saturated rings. The van der Waals surface area contributed by atoms with Gasteiger partial charge >= 0.3 is 0 Å². The third kappa shape index (κ3) is 5.84. The van der Waals surface area contributed by atoms with Crippen molar-refractivity contribution in [3.63, 3.8) is 0 Å². The number of methoxy groups -OCH3 is 1. The topological polar surface area (TPSA) is 67.3 Å². The summed E-state index contributed by atoms with van der Waals surface area (Å²) in [6, 6.07) is 8.27. The van der Waals surface area contributed by atoms with E-state index in [9.17, 15) is 4.79 Å². The zero-order chi connectivity index (χ0) is 19.1. The number of amides is 1. The second kappa shape index (κ2) is 9.94. The molecule has 1 aliphatic carbocycles. The highest BCUT2D eigenvalue weighted by Crippen LogP contribution is 2.28. The number of anilines is 1. The van der Waals surface area contributed by atoms with E-state index in [2.05, 4.69) is 15.5 Å². The van der Waals surface area contributed by atoms with Gasteiger partial charge in [-0.05, 0) is 18.9 Å². The fourth-order valence-corrected chi connectivity index (χ4v) is 4.93. The lowest BCUT2D eigenvalue weighted by molar-refractivity contribution is -0.127. The predicted octanol–water partition coefficient (Wildman–Crippen LogP) is 4.04. The summed E-state index contributed by atoms with van der Waals surface area (Å²) < 4.78 is 6.18. The highest BCUT2D eigenvalue weighted by molar-refractivity contribution is 8.01. The Morgan fingerprint density at radius 2 is 2.07 bits per heavy atom. The van der Waals surface area contributed by atoms with Crippen LogP contribution in [0.15, 0.2) is 28.6 Å². The van der Waals surface area contributed by atoms with Gasteiger partial charge in [0.05, 0.1) is 12.9 Å². The first-order chi connectivity index (χ1) is 13.2. The molecule has 0 unspecified atom stereocenters. The smallest absolute Gasteiger partial charge is 0.233 e. The minimum atomic E-state index is 0.0582. The number of para-hydroxylation sites is 1. The summed E-state index contributed by atoms with van der Waals surface area (Å²) in [4.78, 5) is 14.2. The summed E-state index contributed by atoms with van der Waals surface area (Å²) in [6.45, 7) is 0.522. The van der Waals surface area contributed by atoms with Crippen LogP contribution < -0.4 is 10.1 Å². The zero-order valence-electron chi connectivity index (χ0n) is 15.8. The maximum atomic E-state index is 12.4. The van der Waals surface area contributed by atoms with Gasteiger partial charge in [-0.25, -0.2) is 0 Å². The van der Waals surface area contributed by atoms with E-state index < -0.39 is 0 Å². The number of benzene rings is 1. The molecule has 0 bridgehead atoms. The van der Waals surface area contributed by atoms with Crippen LogP contribution in [-0.4, -0.2) is 47.0 Å². The van der Waals surface area contributed by atoms with Crippen molar-refractivity contribution in [3.8, 4) is 5.75 Å². The van der Waals surface area contributed by atoms with Gasteiger partial charge in [-0.2, -0.15) is 0 Å². The maximum Gasteiger partial charge on any atom is 0.233 e. The molecule has 0 aliphatic heterocycles. The van der Waals surface area contributed by atoms with Crippen LogP contribution in [0.5, 0.6) is 5.75 Å². The van der Waals surface area contributed by atoms with Crippen LogP contribution >= 0.6 is 23.1 Å². The van der Waals surface area contributed by atoms with Crippen molar-refractivity contribution in [2.45, 2.75) is 49.0 Å². The van der Waals surface area contributed by atoms with E-state index in [0.717, 1.165) is 20.8 Å². The van der Waals surface area contributed by atoms with Crippen molar-refractivity contribution >= 4 is 34.1 Å². The number of carbonyl (C=O) groups excluding carboxylic acids is 1. The van der Waals surface area contributed by atoms with Gasteiger partial charge in [-0.3, -0.25) is 4.79 Å². The first-order valence-electron chi connectivity index (χ1n) is 9.24. The third-order valence-electron chi connectivity index (χ3n) is 4.68. The average molecular weight is 407 g/mol. The van der Waals surface area contributed by atoms with Crippen LogP contribution in [0.2, 0.25) is 0 Å². The predicted molar refractivity (Wildman–Crippen MR) is 111 cm³/mol. The molecule has 146 valence electrons. The van der Waals surface area contributed by atoms with Gasteiger partial charge in [0.1, 0.15) is 5.75 Å². The monoisotopic (exact) mass is 406 g/mol. The molecule has 0 radical (unpaired) electrons. The van der Waals surface area contributed by atoms with Gasteiger partial charge in [0.15, 0.2) is 4.34 Å². The van der Waals surface area contributed by atoms with Crippen molar-refractivity contribution in [2.24, 2.45) is 0 Å². The number of ether oxygens (including phenoxy) is 1. The Bertz CT molecular complexity index is 747. The molecule has 0 saturated heterocycles. The Labute approximate surface area is 168 Å². The van der Waals surface area contributed by atoms with E-state index >= 15 is 0 Å². The lowest BCUT2D eigenvalue weighted by Gasteiger charge is -2.21. The van der Waals surface area contributed by atoms with Gasteiger partial charge < -0.3 is 15.0 Å². The second-order valence-corrected chi connectivity index (χ2v) is 8.90. The summed E-state index contributed by atoms with van der Waals surface area (Å²) >= 11 is 2.97. The molecule has 8 heteroatoms. The summed E-state index contributed by atoms with van der Waals surface area (Å²) in [5.41, 5.74) is 0.996. The summed E-state index contributed by atoms with van der Waals surface area (Å²) in [5, 5.41) is 12.8. The van der Waals surface area contributed by atoms with Crippen LogP contribution in [0.1, 0.15) is 37.7 Å². The van der Waals surface area contributed by atoms with E-state index in [1.807, 2.05) is 31.3 Å². The van der Waals surface area contributed by atoms with Crippen LogP contribution in [0.4, 0.5) is 5.13 Å². The summed E-state index contributed by atoms with van der Waals surface area (Å²) in [5.74, 6) is 1.21. The molecule has 1 heterocycles. The minimum absolute atomic E-state index is 0.0582. The number of nitrogens with zero attached hydrogens (tertiary/aromatic N) is 3. The lowest BCUT2D eigenvalue weighted by atomic mass is 9.96. The number of aromatic nitrogens is 2. The summed E-state index contributed by atoms with van der Waals surface area (Å²) in [6.07, 6.45) is 6.30. The SMILES string of the molecule is COc1ccccc1CN(C)C(=O)CSc1nnc(NC2CCCCC2)s1. The molecule has 1 N–H and O–H groups in total. The standard InChI is InChI=1S/C19H26N4O2S2/c1-23(12-14-8-6-7-11-16(14)25-2)17(24)13-26-19-22-21-18(27-19)20-15-9-4-3-5-10-15/h6-8,11,15H,3-5,9-10,12-13H2,1-2H3,(H,20,21).